The standard InChI is InChI=1S/C13H19N3O2/c1-4-9(2)13(17)16(3)11-7-5-10(6-8-11)12(14)15-18/h5-9,18H,4H2,1-3H3,(H2,14,15). The third-order valence-electron chi connectivity index (χ3n) is 3.02. The summed E-state index contributed by atoms with van der Waals surface area (Å²) in [4.78, 5) is 13.6. The monoisotopic (exact) mass is 249 g/mol. The zero-order chi connectivity index (χ0) is 13.7. The topological polar surface area (TPSA) is 78.9 Å². The van der Waals surface area contributed by atoms with Crippen LogP contribution in [0.15, 0.2) is 29.4 Å². The van der Waals surface area contributed by atoms with Crippen LogP contribution in [0.2, 0.25) is 0 Å². The Bertz CT molecular complexity index is 440. The molecular weight excluding hydrogens is 230 g/mol. The molecule has 1 amide bonds. The van der Waals surface area contributed by atoms with E-state index in [0.29, 0.717) is 5.56 Å². The minimum Gasteiger partial charge on any atom is -0.409 e. The van der Waals surface area contributed by atoms with Crippen LogP contribution in [-0.2, 0) is 4.79 Å². The lowest BCUT2D eigenvalue weighted by Crippen LogP contribution is -2.31. The Labute approximate surface area is 107 Å². The van der Waals surface area contributed by atoms with E-state index in [9.17, 15) is 4.79 Å². The Morgan fingerprint density at radius 2 is 2.00 bits per heavy atom. The van der Waals surface area contributed by atoms with Crippen molar-refractivity contribution in [3.05, 3.63) is 29.8 Å². The zero-order valence-electron chi connectivity index (χ0n) is 10.9. The Morgan fingerprint density at radius 3 is 2.44 bits per heavy atom. The third-order valence-corrected chi connectivity index (χ3v) is 3.02. The first-order valence-electron chi connectivity index (χ1n) is 5.86. The Balaban J connectivity index is 2.88. The number of carbonyl (C=O) groups excluding carboxylic acids is 1. The Morgan fingerprint density at radius 1 is 1.44 bits per heavy atom. The van der Waals surface area contributed by atoms with Crippen molar-refractivity contribution in [1.29, 1.82) is 0 Å². The maximum Gasteiger partial charge on any atom is 0.229 e. The molecule has 0 radical (unpaired) electrons. The van der Waals surface area contributed by atoms with E-state index in [-0.39, 0.29) is 17.7 Å². The number of nitrogens with zero attached hydrogens (tertiary/aromatic N) is 2. The average molecular weight is 249 g/mol. The highest BCUT2D eigenvalue weighted by Gasteiger charge is 2.16. The molecule has 1 aromatic carbocycles. The molecule has 0 aliphatic heterocycles. The molecule has 1 atom stereocenters. The number of nitrogens with two attached hydrogens (primary N) is 1. The molecule has 3 N–H and O–H groups in total. The van der Waals surface area contributed by atoms with Crippen LogP contribution in [0.1, 0.15) is 25.8 Å². The molecular formula is C13H19N3O2. The molecule has 98 valence electrons. The fraction of sp³-hybridized carbons (Fsp3) is 0.385. The van der Waals surface area contributed by atoms with Gasteiger partial charge in [-0.3, -0.25) is 4.79 Å². The predicted octanol–water partition coefficient (Wildman–Crippen LogP) is 1.79. The number of rotatable bonds is 4. The number of carbonyl (C=O) groups is 1. The molecule has 0 aromatic heterocycles. The number of hydrogen-bond donors (Lipinski definition) is 2. The van der Waals surface area contributed by atoms with Crippen LogP contribution in [0.5, 0.6) is 0 Å². The lowest BCUT2D eigenvalue weighted by molar-refractivity contribution is -0.121. The van der Waals surface area contributed by atoms with Gasteiger partial charge in [0.05, 0.1) is 0 Å². The molecule has 1 aromatic rings. The molecule has 0 aliphatic carbocycles. The average Bonchev–Trinajstić information content (AvgIpc) is 2.44. The SMILES string of the molecule is CCC(C)C(=O)N(C)c1ccc(C(N)=NO)cc1. The van der Waals surface area contributed by atoms with Crippen molar-refractivity contribution in [3.8, 4) is 0 Å². The Hall–Kier alpha value is -2.04. The van der Waals surface area contributed by atoms with Crippen LogP contribution >= 0.6 is 0 Å². The maximum atomic E-state index is 12.0. The number of benzene rings is 1. The Kier molecular flexibility index (Phi) is 4.71. The normalized spacial score (nSPS) is 13.2. The highest BCUT2D eigenvalue weighted by Crippen LogP contribution is 2.17. The first kappa shape index (κ1) is 14.0. The largest absolute Gasteiger partial charge is 0.409 e. The number of oxime groups is 1. The van der Waals surface area contributed by atoms with Gasteiger partial charge in [0.15, 0.2) is 5.84 Å². The summed E-state index contributed by atoms with van der Waals surface area (Å²) in [5.41, 5.74) is 6.87. The summed E-state index contributed by atoms with van der Waals surface area (Å²) in [6.45, 7) is 3.89. The van der Waals surface area contributed by atoms with Gasteiger partial charge in [0.25, 0.3) is 0 Å². The minimum atomic E-state index is -0.00116. The number of anilines is 1. The van der Waals surface area contributed by atoms with Crippen molar-refractivity contribution in [1.82, 2.24) is 0 Å². The summed E-state index contributed by atoms with van der Waals surface area (Å²) in [6.07, 6.45) is 0.811. The van der Waals surface area contributed by atoms with Gasteiger partial charge < -0.3 is 15.8 Å². The summed E-state index contributed by atoms with van der Waals surface area (Å²) in [5, 5.41) is 11.5. The van der Waals surface area contributed by atoms with Crippen LogP contribution in [0.4, 0.5) is 5.69 Å². The minimum absolute atomic E-state index is 0.00116. The molecule has 1 rings (SSSR count). The maximum absolute atomic E-state index is 12.0. The van der Waals surface area contributed by atoms with Crippen molar-refractivity contribution in [3.63, 3.8) is 0 Å². The zero-order valence-corrected chi connectivity index (χ0v) is 10.9. The first-order valence-corrected chi connectivity index (χ1v) is 5.86. The highest BCUT2D eigenvalue weighted by atomic mass is 16.4. The molecule has 1 unspecified atom stereocenters. The molecule has 5 nitrogen and oxygen atoms in total. The summed E-state index contributed by atoms with van der Waals surface area (Å²) in [6, 6.07) is 6.97. The molecule has 0 bridgehead atoms. The van der Waals surface area contributed by atoms with E-state index in [1.807, 2.05) is 13.8 Å². The van der Waals surface area contributed by atoms with Gasteiger partial charge >= 0.3 is 0 Å². The smallest absolute Gasteiger partial charge is 0.229 e. The molecule has 18 heavy (non-hydrogen) atoms. The number of hydrogen-bond acceptors (Lipinski definition) is 3. The summed E-state index contributed by atoms with van der Waals surface area (Å²) in [7, 11) is 1.74. The van der Waals surface area contributed by atoms with Crippen molar-refractivity contribution in [2.24, 2.45) is 16.8 Å². The summed E-state index contributed by atoms with van der Waals surface area (Å²) < 4.78 is 0. The molecule has 0 aliphatic rings. The van der Waals surface area contributed by atoms with E-state index in [4.69, 9.17) is 10.9 Å². The third kappa shape index (κ3) is 3.00. The lowest BCUT2D eigenvalue weighted by atomic mass is 10.1. The fourth-order valence-electron chi connectivity index (χ4n) is 1.55. The van der Waals surface area contributed by atoms with Gasteiger partial charge in [0.1, 0.15) is 0 Å². The predicted molar refractivity (Wildman–Crippen MR) is 71.8 cm³/mol. The number of amides is 1. The van der Waals surface area contributed by atoms with E-state index in [1.54, 1.807) is 36.2 Å². The second-order valence-electron chi connectivity index (χ2n) is 4.24. The van der Waals surface area contributed by atoms with E-state index >= 15 is 0 Å². The van der Waals surface area contributed by atoms with Crippen molar-refractivity contribution >= 4 is 17.4 Å². The molecule has 0 spiro atoms. The molecule has 0 fully saturated rings. The van der Waals surface area contributed by atoms with Crippen LogP contribution in [0.3, 0.4) is 0 Å². The van der Waals surface area contributed by atoms with Gasteiger partial charge in [-0.15, -0.1) is 0 Å². The van der Waals surface area contributed by atoms with Gasteiger partial charge in [-0.05, 0) is 30.7 Å². The van der Waals surface area contributed by atoms with Gasteiger partial charge in [-0.2, -0.15) is 0 Å². The fourth-order valence-corrected chi connectivity index (χ4v) is 1.55. The van der Waals surface area contributed by atoms with Crippen LogP contribution in [-0.4, -0.2) is 24.0 Å². The highest BCUT2D eigenvalue weighted by molar-refractivity contribution is 5.98. The number of amidine groups is 1. The summed E-state index contributed by atoms with van der Waals surface area (Å²) in [5.74, 6) is 0.130. The second kappa shape index (κ2) is 6.05. The van der Waals surface area contributed by atoms with Crippen LogP contribution in [0, 0.1) is 5.92 Å². The van der Waals surface area contributed by atoms with E-state index in [1.165, 1.54) is 0 Å². The van der Waals surface area contributed by atoms with Crippen molar-refractivity contribution in [2.75, 3.05) is 11.9 Å². The molecule has 0 saturated carbocycles. The van der Waals surface area contributed by atoms with E-state index < -0.39 is 0 Å². The summed E-state index contributed by atoms with van der Waals surface area (Å²) >= 11 is 0. The first-order chi connectivity index (χ1) is 8.51. The van der Waals surface area contributed by atoms with Gasteiger partial charge in [0, 0.05) is 24.2 Å². The molecule has 5 heteroatoms. The van der Waals surface area contributed by atoms with Gasteiger partial charge in [0.2, 0.25) is 5.91 Å². The second-order valence-corrected chi connectivity index (χ2v) is 4.24. The quantitative estimate of drug-likeness (QED) is 0.369. The molecule has 0 heterocycles. The van der Waals surface area contributed by atoms with Crippen molar-refractivity contribution < 1.29 is 10.0 Å². The van der Waals surface area contributed by atoms with Crippen molar-refractivity contribution in [2.45, 2.75) is 20.3 Å². The van der Waals surface area contributed by atoms with Gasteiger partial charge in [-0.25, -0.2) is 0 Å². The lowest BCUT2D eigenvalue weighted by Gasteiger charge is -2.21. The molecule has 0 saturated heterocycles. The van der Waals surface area contributed by atoms with Crippen LogP contribution < -0.4 is 10.6 Å². The van der Waals surface area contributed by atoms with Gasteiger partial charge in [-0.1, -0.05) is 19.0 Å². The van der Waals surface area contributed by atoms with Crippen LogP contribution in [0.25, 0.3) is 0 Å². The van der Waals surface area contributed by atoms with E-state index in [0.717, 1.165) is 12.1 Å². The van der Waals surface area contributed by atoms with E-state index in [2.05, 4.69) is 5.16 Å².